The second-order valence-corrected chi connectivity index (χ2v) is 4.79. The van der Waals surface area contributed by atoms with Crippen LogP contribution in [-0.4, -0.2) is 36.3 Å². The second-order valence-electron chi connectivity index (χ2n) is 3.81. The van der Waals surface area contributed by atoms with Gasteiger partial charge in [-0.05, 0) is 25.0 Å². The topological polar surface area (TPSA) is 32.3 Å². The van der Waals surface area contributed by atoms with Crippen LogP contribution in [0.5, 0.6) is 0 Å². The Morgan fingerprint density at radius 2 is 2.15 bits per heavy atom. The Hall–Kier alpha value is 0.270. The summed E-state index contributed by atoms with van der Waals surface area (Å²) in [7, 11) is 0. The molecule has 0 aromatic rings. The third kappa shape index (κ3) is 4.34. The van der Waals surface area contributed by atoms with Crippen LogP contribution in [-0.2, 0) is 0 Å². The molecule has 0 amide bonds. The van der Waals surface area contributed by atoms with Crippen LogP contribution in [0.4, 0.5) is 0 Å². The summed E-state index contributed by atoms with van der Waals surface area (Å²) in [6.45, 7) is 2.08. The number of thioether (sulfide) groups is 1. The Morgan fingerprint density at radius 1 is 1.38 bits per heavy atom. The van der Waals surface area contributed by atoms with Gasteiger partial charge in [-0.3, -0.25) is 0 Å². The van der Waals surface area contributed by atoms with Crippen LogP contribution >= 0.6 is 11.8 Å². The molecule has 0 aliphatic heterocycles. The molecule has 0 bridgehead atoms. The normalized spacial score (nSPS) is 29.1. The number of rotatable bonds is 5. The Balaban J connectivity index is 2.05. The van der Waals surface area contributed by atoms with E-state index < -0.39 is 0 Å². The third-order valence-corrected chi connectivity index (χ3v) is 3.37. The quantitative estimate of drug-likeness (QED) is 0.664. The Kier molecular flexibility index (Phi) is 5.83. The molecule has 0 spiro atoms. The Bertz CT molecular complexity index is 132. The number of nitrogens with one attached hydrogen (secondary N) is 1. The average molecular weight is 203 g/mol. The van der Waals surface area contributed by atoms with Gasteiger partial charge in [-0.25, -0.2) is 0 Å². The maximum absolute atomic E-state index is 9.68. The van der Waals surface area contributed by atoms with E-state index in [0.29, 0.717) is 5.92 Å². The van der Waals surface area contributed by atoms with Gasteiger partial charge in [-0.2, -0.15) is 11.8 Å². The first-order valence-corrected chi connectivity index (χ1v) is 6.61. The van der Waals surface area contributed by atoms with Crippen molar-refractivity contribution >= 4 is 11.8 Å². The van der Waals surface area contributed by atoms with Gasteiger partial charge in [-0.1, -0.05) is 12.8 Å². The highest BCUT2D eigenvalue weighted by Crippen LogP contribution is 2.23. The fourth-order valence-corrected chi connectivity index (χ4v) is 2.24. The second kappa shape index (κ2) is 6.68. The molecule has 2 nitrogen and oxygen atoms in total. The van der Waals surface area contributed by atoms with Crippen molar-refractivity contribution in [1.29, 1.82) is 0 Å². The molecule has 1 aliphatic rings. The minimum atomic E-state index is -0.0458. The first kappa shape index (κ1) is 11.3. The van der Waals surface area contributed by atoms with Crippen LogP contribution in [0.3, 0.4) is 0 Å². The summed E-state index contributed by atoms with van der Waals surface area (Å²) in [5.74, 6) is 1.68. The summed E-state index contributed by atoms with van der Waals surface area (Å²) in [5, 5.41) is 13.1. The predicted octanol–water partition coefficient (Wildman–Crippen LogP) is 1.49. The SMILES string of the molecule is CSCCNCC1CCCCC1O. The van der Waals surface area contributed by atoms with E-state index in [-0.39, 0.29) is 6.10 Å². The molecule has 1 rings (SSSR count). The largest absolute Gasteiger partial charge is 0.393 e. The van der Waals surface area contributed by atoms with E-state index >= 15 is 0 Å². The molecule has 1 saturated carbocycles. The standard InChI is InChI=1S/C10H21NOS/c1-13-7-6-11-8-9-4-2-3-5-10(9)12/h9-12H,2-8H2,1H3. The molecule has 0 radical (unpaired) electrons. The van der Waals surface area contributed by atoms with E-state index in [2.05, 4.69) is 11.6 Å². The molecule has 2 unspecified atom stereocenters. The van der Waals surface area contributed by atoms with Gasteiger partial charge >= 0.3 is 0 Å². The van der Waals surface area contributed by atoms with Crippen molar-refractivity contribution in [3.63, 3.8) is 0 Å². The van der Waals surface area contributed by atoms with Crippen molar-refractivity contribution in [2.45, 2.75) is 31.8 Å². The lowest BCUT2D eigenvalue weighted by Gasteiger charge is -2.27. The lowest BCUT2D eigenvalue weighted by Crippen LogP contribution is -2.34. The van der Waals surface area contributed by atoms with Gasteiger partial charge in [-0.15, -0.1) is 0 Å². The van der Waals surface area contributed by atoms with Gasteiger partial charge in [0.15, 0.2) is 0 Å². The summed E-state index contributed by atoms with van der Waals surface area (Å²) in [6, 6.07) is 0. The van der Waals surface area contributed by atoms with E-state index in [9.17, 15) is 5.11 Å². The molecule has 2 atom stereocenters. The first-order chi connectivity index (χ1) is 6.34. The van der Waals surface area contributed by atoms with E-state index in [1.165, 1.54) is 25.0 Å². The molecule has 2 N–H and O–H groups in total. The predicted molar refractivity (Wildman–Crippen MR) is 59.2 cm³/mol. The maximum atomic E-state index is 9.68. The van der Waals surface area contributed by atoms with Crippen molar-refractivity contribution in [2.24, 2.45) is 5.92 Å². The van der Waals surface area contributed by atoms with Crippen LogP contribution < -0.4 is 5.32 Å². The Morgan fingerprint density at radius 3 is 2.85 bits per heavy atom. The van der Waals surface area contributed by atoms with Gasteiger partial charge in [0.1, 0.15) is 0 Å². The average Bonchev–Trinajstić information content (AvgIpc) is 2.15. The number of hydrogen-bond donors (Lipinski definition) is 2. The monoisotopic (exact) mass is 203 g/mol. The molecule has 0 aromatic carbocycles. The van der Waals surface area contributed by atoms with E-state index in [1.54, 1.807) is 0 Å². The minimum Gasteiger partial charge on any atom is -0.393 e. The van der Waals surface area contributed by atoms with Gasteiger partial charge < -0.3 is 10.4 Å². The van der Waals surface area contributed by atoms with Crippen LogP contribution in [0.1, 0.15) is 25.7 Å². The summed E-state index contributed by atoms with van der Waals surface area (Å²) in [4.78, 5) is 0. The first-order valence-electron chi connectivity index (χ1n) is 5.22. The molecule has 13 heavy (non-hydrogen) atoms. The van der Waals surface area contributed by atoms with Gasteiger partial charge in [0.05, 0.1) is 6.10 Å². The van der Waals surface area contributed by atoms with Crippen LogP contribution in [0.15, 0.2) is 0 Å². The maximum Gasteiger partial charge on any atom is 0.0580 e. The van der Waals surface area contributed by atoms with Crippen molar-refractivity contribution in [1.82, 2.24) is 5.32 Å². The summed E-state index contributed by atoms with van der Waals surface area (Å²) in [6.07, 6.45) is 6.80. The molecule has 3 heteroatoms. The molecular formula is C10H21NOS. The lowest BCUT2D eigenvalue weighted by atomic mass is 9.86. The molecular weight excluding hydrogens is 182 g/mol. The van der Waals surface area contributed by atoms with Gasteiger partial charge in [0.25, 0.3) is 0 Å². The zero-order valence-electron chi connectivity index (χ0n) is 8.46. The summed E-state index contributed by atoms with van der Waals surface area (Å²) in [5.41, 5.74) is 0. The number of aliphatic hydroxyl groups excluding tert-OH is 1. The zero-order valence-corrected chi connectivity index (χ0v) is 9.28. The fraction of sp³-hybridized carbons (Fsp3) is 1.00. The van der Waals surface area contributed by atoms with E-state index in [0.717, 1.165) is 19.5 Å². The molecule has 0 aromatic heterocycles. The zero-order chi connectivity index (χ0) is 9.52. The molecule has 78 valence electrons. The highest BCUT2D eigenvalue weighted by Gasteiger charge is 2.21. The smallest absolute Gasteiger partial charge is 0.0580 e. The number of aliphatic hydroxyl groups is 1. The highest BCUT2D eigenvalue weighted by molar-refractivity contribution is 7.98. The van der Waals surface area contributed by atoms with Crippen LogP contribution in [0.25, 0.3) is 0 Å². The minimum absolute atomic E-state index is 0.0458. The molecule has 0 saturated heterocycles. The van der Waals surface area contributed by atoms with Crippen molar-refractivity contribution < 1.29 is 5.11 Å². The summed E-state index contributed by atoms with van der Waals surface area (Å²) < 4.78 is 0. The fourth-order valence-electron chi connectivity index (χ4n) is 1.89. The van der Waals surface area contributed by atoms with Gasteiger partial charge in [0.2, 0.25) is 0 Å². The van der Waals surface area contributed by atoms with E-state index in [1.807, 2.05) is 11.8 Å². The van der Waals surface area contributed by atoms with Gasteiger partial charge in [0, 0.05) is 18.8 Å². The highest BCUT2D eigenvalue weighted by atomic mass is 32.2. The molecule has 0 heterocycles. The van der Waals surface area contributed by atoms with Crippen LogP contribution in [0, 0.1) is 5.92 Å². The van der Waals surface area contributed by atoms with Crippen molar-refractivity contribution in [3.8, 4) is 0 Å². The van der Waals surface area contributed by atoms with E-state index in [4.69, 9.17) is 0 Å². The third-order valence-electron chi connectivity index (χ3n) is 2.76. The van der Waals surface area contributed by atoms with Crippen molar-refractivity contribution in [2.75, 3.05) is 25.1 Å². The summed E-state index contributed by atoms with van der Waals surface area (Å²) >= 11 is 1.86. The lowest BCUT2D eigenvalue weighted by molar-refractivity contribution is 0.0700. The Labute approximate surface area is 85.5 Å². The van der Waals surface area contributed by atoms with Crippen molar-refractivity contribution in [3.05, 3.63) is 0 Å². The van der Waals surface area contributed by atoms with Crippen LogP contribution in [0.2, 0.25) is 0 Å². The molecule has 1 fully saturated rings. The molecule has 1 aliphatic carbocycles. The number of hydrogen-bond acceptors (Lipinski definition) is 3.